The highest BCUT2D eigenvalue weighted by atomic mass is 16.5. The smallest absolute Gasteiger partial charge is 0.191 e. The van der Waals surface area contributed by atoms with Gasteiger partial charge in [0.2, 0.25) is 0 Å². The lowest BCUT2D eigenvalue weighted by Crippen LogP contribution is -2.40. The second-order valence-corrected chi connectivity index (χ2v) is 9.98. The van der Waals surface area contributed by atoms with Gasteiger partial charge in [0.1, 0.15) is 11.8 Å². The average molecular weight is 497 g/mol. The maximum Gasteiger partial charge on any atom is 0.191 e. The van der Waals surface area contributed by atoms with Gasteiger partial charge in [-0.05, 0) is 63.6 Å². The molecular weight excluding hydrogens is 464 g/mol. The molecule has 1 aliphatic carbocycles. The Kier molecular flexibility index (Phi) is 7.42. The Balaban J connectivity index is 1.46. The third-order valence-electron chi connectivity index (χ3n) is 7.16. The lowest BCUT2D eigenvalue weighted by Gasteiger charge is -2.31. The van der Waals surface area contributed by atoms with Crippen LogP contribution >= 0.6 is 0 Å². The topological polar surface area (TPSA) is 90.0 Å². The third kappa shape index (κ3) is 5.62. The average Bonchev–Trinajstić information content (AvgIpc) is 3.56. The summed E-state index contributed by atoms with van der Waals surface area (Å²) in [6, 6.07) is 20.9. The van der Waals surface area contributed by atoms with Crippen molar-refractivity contribution in [2.24, 2.45) is 5.92 Å². The van der Waals surface area contributed by atoms with Gasteiger partial charge in [0.05, 0.1) is 23.1 Å². The molecule has 0 saturated heterocycles. The van der Waals surface area contributed by atoms with Gasteiger partial charge in [-0.15, -0.1) is 0 Å². The summed E-state index contributed by atoms with van der Waals surface area (Å²) >= 11 is 0. The van der Waals surface area contributed by atoms with Crippen molar-refractivity contribution in [3.8, 4) is 17.0 Å². The molecule has 1 saturated carbocycles. The number of benzene rings is 2. The number of rotatable bonds is 9. The third-order valence-corrected chi connectivity index (χ3v) is 7.16. The Bertz CT molecular complexity index is 1350. The number of nitrogens with one attached hydrogen (secondary N) is 1. The monoisotopic (exact) mass is 496 g/mol. The van der Waals surface area contributed by atoms with E-state index in [0.29, 0.717) is 29.4 Å². The first-order chi connectivity index (χ1) is 18.0. The Morgan fingerprint density at radius 2 is 1.70 bits per heavy atom. The lowest BCUT2D eigenvalue weighted by molar-refractivity contribution is -0.118. The molecular formula is C30H32N4O3. The molecule has 4 aromatic rings. The van der Waals surface area contributed by atoms with E-state index in [1.165, 1.54) is 6.20 Å². The van der Waals surface area contributed by atoms with Crippen molar-refractivity contribution in [3.05, 3.63) is 89.9 Å². The number of ketones is 2. The van der Waals surface area contributed by atoms with E-state index in [4.69, 9.17) is 9.62 Å². The summed E-state index contributed by atoms with van der Waals surface area (Å²) in [5.74, 6) is 1.00. The molecule has 7 heteroatoms. The molecule has 37 heavy (non-hydrogen) atoms. The second kappa shape index (κ2) is 11.0. The van der Waals surface area contributed by atoms with Crippen LogP contribution in [-0.2, 0) is 4.79 Å². The van der Waals surface area contributed by atoms with E-state index < -0.39 is 6.04 Å². The van der Waals surface area contributed by atoms with E-state index in [1.54, 1.807) is 6.92 Å². The van der Waals surface area contributed by atoms with Crippen molar-refractivity contribution in [1.82, 2.24) is 20.3 Å². The van der Waals surface area contributed by atoms with Crippen LogP contribution in [0.5, 0.6) is 0 Å². The molecule has 0 radical (unpaired) electrons. The van der Waals surface area contributed by atoms with E-state index in [1.807, 2.05) is 78.3 Å². The van der Waals surface area contributed by atoms with Crippen molar-refractivity contribution in [3.63, 3.8) is 0 Å². The van der Waals surface area contributed by atoms with Crippen molar-refractivity contribution in [2.75, 3.05) is 0 Å². The molecule has 1 fully saturated rings. The highest BCUT2D eigenvalue weighted by molar-refractivity contribution is 6.04. The molecule has 1 aliphatic rings. The van der Waals surface area contributed by atoms with Gasteiger partial charge in [-0.1, -0.05) is 53.7 Å². The van der Waals surface area contributed by atoms with Crippen LogP contribution < -0.4 is 5.32 Å². The summed E-state index contributed by atoms with van der Waals surface area (Å²) in [6.07, 6.45) is 5.90. The van der Waals surface area contributed by atoms with Crippen molar-refractivity contribution < 1.29 is 14.1 Å². The summed E-state index contributed by atoms with van der Waals surface area (Å²) in [6.45, 7) is 3.65. The molecule has 2 aromatic carbocycles. The Morgan fingerprint density at radius 3 is 2.38 bits per heavy atom. The number of nitrogens with zero attached hydrogens (tertiary/aromatic N) is 3. The van der Waals surface area contributed by atoms with Crippen LogP contribution in [0.2, 0.25) is 0 Å². The molecule has 1 atom stereocenters. The number of para-hydroxylation sites is 1. The van der Waals surface area contributed by atoms with Crippen LogP contribution in [-0.4, -0.2) is 32.5 Å². The summed E-state index contributed by atoms with van der Waals surface area (Å²) in [4.78, 5) is 25.7. The van der Waals surface area contributed by atoms with Crippen LogP contribution in [0.15, 0.2) is 77.4 Å². The first-order valence-corrected chi connectivity index (χ1v) is 12.9. The van der Waals surface area contributed by atoms with Gasteiger partial charge in [0.25, 0.3) is 0 Å². The molecule has 2 heterocycles. The van der Waals surface area contributed by atoms with E-state index in [-0.39, 0.29) is 17.6 Å². The molecule has 0 aliphatic heterocycles. The van der Waals surface area contributed by atoms with Crippen LogP contribution in [0.1, 0.15) is 66.8 Å². The van der Waals surface area contributed by atoms with Crippen LogP contribution in [0.4, 0.5) is 0 Å². The number of carbonyl (C=O) groups is 2. The summed E-state index contributed by atoms with van der Waals surface area (Å²) < 4.78 is 7.41. The molecule has 190 valence electrons. The van der Waals surface area contributed by atoms with E-state index in [0.717, 1.165) is 42.6 Å². The van der Waals surface area contributed by atoms with Gasteiger partial charge in [-0.25, -0.2) is 4.68 Å². The van der Waals surface area contributed by atoms with Gasteiger partial charge in [-0.3, -0.25) is 10.1 Å². The fourth-order valence-corrected chi connectivity index (χ4v) is 5.31. The predicted molar refractivity (Wildman–Crippen MR) is 141 cm³/mol. The van der Waals surface area contributed by atoms with Gasteiger partial charge in [0, 0.05) is 23.7 Å². The van der Waals surface area contributed by atoms with Gasteiger partial charge in [-0.2, -0.15) is 5.10 Å². The number of Topliss-reactive ketones (excluding diaryl/α,β-unsaturated/α-hetero) is 2. The molecule has 1 N–H and O–H groups in total. The number of aromatic nitrogens is 3. The Labute approximate surface area is 216 Å². The minimum Gasteiger partial charge on any atom is -0.356 e. The number of aryl methyl sites for hydroxylation is 1. The van der Waals surface area contributed by atoms with Gasteiger partial charge < -0.3 is 9.32 Å². The largest absolute Gasteiger partial charge is 0.356 e. The molecule has 1 unspecified atom stereocenters. The maximum atomic E-state index is 14.1. The molecule has 2 aromatic heterocycles. The molecule has 0 bridgehead atoms. The molecule has 0 spiro atoms. The second-order valence-electron chi connectivity index (χ2n) is 9.98. The zero-order chi connectivity index (χ0) is 25.8. The highest BCUT2D eigenvalue weighted by Gasteiger charge is 2.33. The lowest BCUT2D eigenvalue weighted by atomic mass is 9.82. The highest BCUT2D eigenvalue weighted by Crippen LogP contribution is 2.32. The normalized spacial score (nSPS) is 18.4. The number of carbonyl (C=O) groups excluding carboxylic acids is 2. The molecule has 0 amide bonds. The fourth-order valence-electron chi connectivity index (χ4n) is 5.31. The number of hydrogen-bond donors (Lipinski definition) is 1. The SMILES string of the molecule is CC(=O)CC1CCC(NC(C(=O)c2cnoc2-c2ccccc2)c2cc(C)n(-c3ccccc3)n2)CC1. The predicted octanol–water partition coefficient (Wildman–Crippen LogP) is 5.89. The van der Waals surface area contributed by atoms with Crippen molar-refractivity contribution in [2.45, 2.75) is 58.0 Å². The van der Waals surface area contributed by atoms with E-state index in [2.05, 4.69) is 10.5 Å². The van der Waals surface area contributed by atoms with Crippen molar-refractivity contribution in [1.29, 1.82) is 0 Å². The van der Waals surface area contributed by atoms with Crippen molar-refractivity contribution >= 4 is 11.6 Å². The number of hydrogen-bond acceptors (Lipinski definition) is 6. The summed E-state index contributed by atoms with van der Waals surface area (Å²) in [5, 5.41) is 12.5. The summed E-state index contributed by atoms with van der Waals surface area (Å²) in [5.41, 5.74) is 3.79. The zero-order valence-electron chi connectivity index (χ0n) is 21.3. The van der Waals surface area contributed by atoms with Crippen LogP contribution in [0.3, 0.4) is 0 Å². The molecule has 5 rings (SSSR count). The fraction of sp³-hybridized carbons (Fsp3) is 0.333. The van der Waals surface area contributed by atoms with Crippen LogP contribution in [0.25, 0.3) is 17.0 Å². The standard InChI is InChI=1S/C30H32N4O3/c1-20-17-27(33-34(20)25-11-7-4-8-12-25)28(32-24-15-13-22(14-16-24)18-21(2)35)29(36)26-19-31-37-30(26)23-9-5-3-6-10-23/h3-12,17,19,22,24,28,32H,13-16,18H2,1-2H3. The van der Waals surface area contributed by atoms with Gasteiger partial charge >= 0.3 is 0 Å². The minimum atomic E-state index is -0.653. The zero-order valence-corrected chi connectivity index (χ0v) is 21.3. The van der Waals surface area contributed by atoms with Gasteiger partial charge in [0.15, 0.2) is 11.5 Å². The first-order valence-electron chi connectivity index (χ1n) is 12.9. The molecule has 7 nitrogen and oxygen atoms in total. The quantitative estimate of drug-likeness (QED) is 0.291. The minimum absolute atomic E-state index is 0.122. The maximum absolute atomic E-state index is 14.1. The van der Waals surface area contributed by atoms with E-state index >= 15 is 0 Å². The Morgan fingerprint density at radius 1 is 1.03 bits per heavy atom. The first kappa shape index (κ1) is 24.8. The van der Waals surface area contributed by atoms with E-state index in [9.17, 15) is 9.59 Å². The summed E-state index contributed by atoms with van der Waals surface area (Å²) in [7, 11) is 0. The van der Waals surface area contributed by atoms with Crippen LogP contribution in [0, 0.1) is 12.8 Å². The Hall–Kier alpha value is -3.84.